The van der Waals surface area contributed by atoms with Crippen LogP contribution in [-0.4, -0.2) is 35.5 Å². The maximum absolute atomic E-state index is 13.9. The van der Waals surface area contributed by atoms with Crippen LogP contribution in [0, 0.1) is 11.2 Å². The second kappa shape index (κ2) is 7.01. The van der Waals surface area contributed by atoms with Gasteiger partial charge < -0.3 is 4.90 Å². The normalized spacial score (nSPS) is 20.2. The molecule has 2 nitrogen and oxygen atoms in total. The number of carbonyl (C=O) groups is 1. The number of hydrogen-bond acceptors (Lipinski definition) is 2. The molecule has 0 saturated carbocycles. The largest absolute Gasteiger partial charge is 0.341 e. The fraction of sp³-hybridized carbons (Fsp3) is 0.562. The van der Waals surface area contributed by atoms with Crippen molar-refractivity contribution < 1.29 is 9.18 Å². The number of amides is 1. The molecule has 0 bridgehead atoms. The number of nitrogens with zero attached hydrogens (tertiary/aromatic N) is 1. The molecular formula is C16H21ClFNOS. The molecule has 1 atom stereocenters. The summed E-state index contributed by atoms with van der Waals surface area (Å²) in [4.78, 5) is 14.3. The summed E-state index contributed by atoms with van der Waals surface area (Å²) in [7, 11) is 0. The Morgan fingerprint density at radius 1 is 1.43 bits per heavy atom. The Morgan fingerprint density at radius 2 is 2.14 bits per heavy atom. The molecule has 1 aliphatic heterocycles. The maximum atomic E-state index is 13.9. The summed E-state index contributed by atoms with van der Waals surface area (Å²) in [6.45, 7) is 5.10. The molecule has 116 valence electrons. The molecule has 0 radical (unpaired) electrons. The minimum absolute atomic E-state index is 0.0901. The molecule has 0 spiro atoms. The number of thioether (sulfide) groups is 1. The van der Waals surface area contributed by atoms with Crippen molar-refractivity contribution in [2.75, 3.05) is 24.7 Å². The van der Waals surface area contributed by atoms with E-state index in [1.165, 1.54) is 6.07 Å². The minimum atomic E-state index is -0.538. The SMILES string of the molecule is CC(C)(CCl)C(=O)N1CCSC(c2ccccc2F)CC1. The van der Waals surface area contributed by atoms with E-state index >= 15 is 0 Å². The van der Waals surface area contributed by atoms with Crippen LogP contribution in [0.15, 0.2) is 24.3 Å². The van der Waals surface area contributed by atoms with Crippen molar-refractivity contribution in [2.24, 2.45) is 5.41 Å². The Balaban J connectivity index is 2.06. The fourth-order valence-corrected chi connectivity index (χ4v) is 3.81. The summed E-state index contributed by atoms with van der Waals surface area (Å²) in [6, 6.07) is 6.91. The van der Waals surface area contributed by atoms with E-state index in [1.807, 2.05) is 30.9 Å². The quantitative estimate of drug-likeness (QED) is 0.778. The van der Waals surface area contributed by atoms with Crippen LogP contribution in [0.3, 0.4) is 0 Å². The molecule has 0 aliphatic carbocycles. The highest BCUT2D eigenvalue weighted by Crippen LogP contribution is 2.36. The molecule has 1 amide bonds. The average Bonchev–Trinajstić information content (AvgIpc) is 2.72. The van der Waals surface area contributed by atoms with E-state index < -0.39 is 5.41 Å². The molecule has 21 heavy (non-hydrogen) atoms. The van der Waals surface area contributed by atoms with Gasteiger partial charge in [0.25, 0.3) is 0 Å². The lowest BCUT2D eigenvalue weighted by molar-refractivity contribution is -0.139. The van der Waals surface area contributed by atoms with Gasteiger partial charge in [-0.15, -0.1) is 11.6 Å². The summed E-state index contributed by atoms with van der Waals surface area (Å²) in [5, 5.41) is 0.114. The molecule has 2 rings (SSSR count). The van der Waals surface area contributed by atoms with Crippen LogP contribution in [0.25, 0.3) is 0 Å². The van der Waals surface area contributed by atoms with Gasteiger partial charge in [-0.1, -0.05) is 18.2 Å². The average molecular weight is 330 g/mol. The lowest BCUT2D eigenvalue weighted by Crippen LogP contribution is -2.43. The van der Waals surface area contributed by atoms with E-state index in [4.69, 9.17) is 11.6 Å². The number of rotatable bonds is 3. The zero-order valence-electron chi connectivity index (χ0n) is 12.4. The van der Waals surface area contributed by atoms with Crippen molar-refractivity contribution >= 4 is 29.3 Å². The Kier molecular flexibility index (Phi) is 5.55. The number of alkyl halides is 1. The van der Waals surface area contributed by atoms with Gasteiger partial charge in [0.2, 0.25) is 5.91 Å². The number of carbonyl (C=O) groups excluding carboxylic acids is 1. The summed E-state index contributed by atoms with van der Waals surface area (Å²) in [5.41, 5.74) is 0.206. The first-order valence-corrected chi connectivity index (χ1v) is 8.75. The van der Waals surface area contributed by atoms with Gasteiger partial charge in [-0.05, 0) is 26.3 Å². The summed E-state index contributed by atoms with van der Waals surface area (Å²) >= 11 is 7.61. The maximum Gasteiger partial charge on any atom is 0.229 e. The van der Waals surface area contributed by atoms with E-state index in [-0.39, 0.29) is 17.0 Å². The molecule has 1 heterocycles. The highest BCUT2D eigenvalue weighted by molar-refractivity contribution is 7.99. The molecule has 1 unspecified atom stereocenters. The second-order valence-electron chi connectivity index (χ2n) is 5.98. The number of hydrogen-bond donors (Lipinski definition) is 0. The summed E-state index contributed by atoms with van der Waals surface area (Å²) in [5.74, 6) is 1.07. The van der Waals surface area contributed by atoms with E-state index in [0.717, 1.165) is 17.7 Å². The van der Waals surface area contributed by atoms with Crippen molar-refractivity contribution in [2.45, 2.75) is 25.5 Å². The topological polar surface area (TPSA) is 20.3 Å². The molecular weight excluding hydrogens is 309 g/mol. The third-order valence-electron chi connectivity index (χ3n) is 3.79. The van der Waals surface area contributed by atoms with Crippen molar-refractivity contribution in [1.29, 1.82) is 0 Å². The number of halogens is 2. The monoisotopic (exact) mass is 329 g/mol. The Hall–Kier alpha value is -0.740. The first kappa shape index (κ1) is 16.6. The van der Waals surface area contributed by atoms with E-state index in [1.54, 1.807) is 17.8 Å². The molecule has 0 N–H and O–H groups in total. The van der Waals surface area contributed by atoms with Crippen LogP contribution in [0.4, 0.5) is 4.39 Å². The minimum Gasteiger partial charge on any atom is -0.341 e. The van der Waals surface area contributed by atoms with Crippen LogP contribution >= 0.6 is 23.4 Å². The molecule has 5 heteroatoms. The highest BCUT2D eigenvalue weighted by atomic mass is 35.5. The Bertz CT molecular complexity index is 509. The van der Waals surface area contributed by atoms with Crippen LogP contribution in [0.1, 0.15) is 31.1 Å². The van der Waals surface area contributed by atoms with E-state index in [0.29, 0.717) is 19.0 Å². The van der Waals surface area contributed by atoms with Crippen molar-refractivity contribution in [3.05, 3.63) is 35.6 Å². The van der Waals surface area contributed by atoms with Gasteiger partial charge in [0.1, 0.15) is 5.82 Å². The van der Waals surface area contributed by atoms with Crippen molar-refractivity contribution in [3.63, 3.8) is 0 Å². The van der Waals surface area contributed by atoms with Gasteiger partial charge >= 0.3 is 0 Å². The predicted octanol–water partition coefficient (Wildman–Crippen LogP) is 4.10. The highest BCUT2D eigenvalue weighted by Gasteiger charge is 2.32. The summed E-state index contributed by atoms with van der Waals surface area (Å²) in [6.07, 6.45) is 0.774. The van der Waals surface area contributed by atoms with Gasteiger partial charge in [-0.3, -0.25) is 4.79 Å². The van der Waals surface area contributed by atoms with Gasteiger partial charge in [-0.2, -0.15) is 11.8 Å². The Morgan fingerprint density at radius 3 is 2.81 bits per heavy atom. The lowest BCUT2D eigenvalue weighted by Gasteiger charge is -2.29. The van der Waals surface area contributed by atoms with Gasteiger partial charge in [0.05, 0.1) is 5.41 Å². The Labute approximate surface area is 135 Å². The molecule has 1 saturated heterocycles. The van der Waals surface area contributed by atoms with Crippen molar-refractivity contribution in [1.82, 2.24) is 4.90 Å². The molecule has 1 fully saturated rings. The smallest absolute Gasteiger partial charge is 0.229 e. The van der Waals surface area contributed by atoms with Crippen LogP contribution in [0.2, 0.25) is 0 Å². The van der Waals surface area contributed by atoms with E-state index in [2.05, 4.69) is 0 Å². The molecule has 1 aromatic rings. The fourth-order valence-electron chi connectivity index (χ4n) is 2.44. The first-order chi connectivity index (χ1) is 9.95. The number of benzene rings is 1. The predicted molar refractivity (Wildman–Crippen MR) is 87.3 cm³/mol. The third-order valence-corrected chi connectivity index (χ3v) is 5.77. The van der Waals surface area contributed by atoms with Gasteiger partial charge in [-0.25, -0.2) is 4.39 Å². The first-order valence-electron chi connectivity index (χ1n) is 7.17. The lowest BCUT2D eigenvalue weighted by atomic mass is 9.94. The third kappa shape index (κ3) is 3.92. The van der Waals surface area contributed by atoms with Crippen LogP contribution in [0.5, 0.6) is 0 Å². The summed E-state index contributed by atoms with van der Waals surface area (Å²) < 4.78 is 13.9. The second-order valence-corrected chi connectivity index (χ2v) is 7.56. The van der Waals surface area contributed by atoms with E-state index in [9.17, 15) is 9.18 Å². The standard InChI is InChI=1S/C16H21ClFNOS/c1-16(2,11-17)15(20)19-8-7-14(21-10-9-19)12-5-3-4-6-13(12)18/h3-6,14H,7-11H2,1-2H3. The molecule has 1 aromatic carbocycles. The zero-order valence-corrected chi connectivity index (χ0v) is 14.0. The molecule has 1 aliphatic rings. The van der Waals surface area contributed by atoms with Crippen LogP contribution in [-0.2, 0) is 4.79 Å². The molecule has 0 aromatic heterocycles. The zero-order chi connectivity index (χ0) is 15.5. The van der Waals surface area contributed by atoms with Gasteiger partial charge in [0, 0.05) is 35.5 Å². The van der Waals surface area contributed by atoms with Gasteiger partial charge in [0.15, 0.2) is 0 Å². The van der Waals surface area contributed by atoms with Crippen molar-refractivity contribution in [3.8, 4) is 0 Å². The van der Waals surface area contributed by atoms with Crippen LogP contribution < -0.4 is 0 Å².